The third-order valence-corrected chi connectivity index (χ3v) is 4.44. The molecule has 0 aliphatic carbocycles. The molecule has 1 heterocycles. The van der Waals surface area contributed by atoms with E-state index in [1.165, 1.54) is 5.56 Å². The van der Waals surface area contributed by atoms with Crippen LogP contribution in [0.1, 0.15) is 12.5 Å². The number of urea groups is 1. The number of methoxy groups -OCH3 is 1. The third kappa shape index (κ3) is 7.51. The number of piperazine rings is 1. The fourth-order valence-corrected chi connectivity index (χ4v) is 3.02. The number of amides is 3. The lowest BCUT2D eigenvalue weighted by molar-refractivity contribution is -0.121. The number of benzene rings is 1. The van der Waals surface area contributed by atoms with Gasteiger partial charge in [0.2, 0.25) is 5.91 Å². The van der Waals surface area contributed by atoms with Crippen molar-refractivity contribution in [3.63, 3.8) is 0 Å². The van der Waals surface area contributed by atoms with E-state index in [1.54, 1.807) is 7.11 Å². The summed E-state index contributed by atoms with van der Waals surface area (Å²) < 4.78 is 4.95. The van der Waals surface area contributed by atoms with Crippen LogP contribution in [0.25, 0.3) is 0 Å². The van der Waals surface area contributed by atoms with Gasteiger partial charge in [0.1, 0.15) is 0 Å². The molecule has 7 heteroatoms. The number of nitrogens with one attached hydrogen (secondary N) is 2. The minimum Gasteiger partial charge on any atom is -0.383 e. The van der Waals surface area contributed by atoms with E-state index in [1.807, 2.05) is 13.0 Å². The quantitative estimate of drug-likeness (QED) is 0.712. The van der Waals surface area contributed by atoms with Gasteiger partial charge in [0.25, 0.3) is 0 Å². The standard InChI is InChI=1S/C19H30N4O3/c1-16(15-26-2)20-19(25)21-18(24)14-23-12-10-22(11-13-23)9-8-17-6-4-3-5-7-17/h3-7,16H,8-15H2,1-2H3,(H2,20,21,24,25). The van der Waals surface area contributed by atoms with Crippen LogP contribution in [0.3, 0.4) is 0 Å². The number of hydrogen-bond acceptors (Lipinski definition) is 5. The average Bonchev–Trinajstić information content (AvgIpc) is 2.62. The Bertz CT molecular complexity index is 559. The first-order valence-corrected chi connectivity index (χ1v) is 9.14. The summed E-state index contributed by atoms with van der Waals surface area (Å²) in [6, 6.07) is 9.86. The molecule has 0 spiro atoms. The van der Waals surface area contributed by atoms with Gasteiger partial charge in [0, 0.05) is 39.8 Å². The predicted octanol–water partition coefficient (Wildman–Crippen LogP) is 0.707. The Hall–Kier alpha value is -1.96. The van der Waals surface area contributed by atoms with Gasteiger partial charge in [-0.05, 0) is 18.9 Å². The average molecular weight is 362 g/mol. The summed E-state index contributed by atoms with van der Waals surface area (Å²) in [6.45, 7) is 7.07. The highest BCUT2D eigenvalue weighted by atomic mass is 16.5. The molecule has 144 valence electrons. The Labute approximate surface area is 155 Å². The monoisotopic (exact) mass is 362 g/mol. The molecule has 1 saturated heterocycles. The first kappa shape index (κ1) is 20.4. The Morgan fingerprint density at radius 1 is 1.12 bits per heavy atom. The molecule has 1 aliphatic heterocycles. The van der Waals surface area contributed by atoms with Crippen molar-refractivity contribution in [2.45, 2.75) is 19.4 Å². The minimum atomic E-state index is -0.471. The molecule has 26 heavy (non-hydrogen) atoms. The second kappa shape index (κ2) is 10.9. The van der Waals surface area contributed by atoms with Crippen LogP contribution in [0.4, 0.5) is 4.79 Å². The van der Waals surface area contributed by atoms with Crippen molar-refractivity contribution in [3.8, 4) is 0 Å². The van der Waals surface area contributed by atoms with Gasteiger partial charge in [0.05, 0.1) is 19.2 Å². The summed E-state index contributed by atoms with van der Waals surface area (Å²) >= 11 is 0. The second-order valence-electron chi connectivity index (χ2n) is 6.73. The molecule has 0 bridgehead atoms. The Balaban J connectivity index is 1.62. The summed E-state index contributed by atoms with van der Waals surface area (Å²) in [5.74, 6) is -0.273. The van der Waals surface area contributed by atoms with E-state index < -0.39 is 6.03 Å². The van der Waals surface area contributed by atoms with Crippen molar-refractivity contribution in [3.05, 3.63) is 35.9 Å². The summed E-state index contributed by atoms with van der Waals surface area (Å²) in [5, 5.41) is 5.04. The molecule has 2 rings (SSSR count). The highest BCUT2D eigenvalue weighted by Crippen LogP contribution is 2.05. The SMILES string of the molecule is COCC(C)NC(=O)NC(=O)CN1CCN(CCc2ccccc2)CC1. The summed E-state index contributed by atoms with van der Waals surface area (Å²) in [6.07, 6.45) is 1.04. The van der Waals surface area contributed by atoms with Crippen molar-refractivity contribution >= 4 is 11.9 Å². The van der Waals surface area contributed by atoms with Gasteiger partial charge >= 0.3 is 6.03 Å². The highest BCUT2D eigenvalue weighted by Gasteiger charge is 2.20. The van der Waals surface area contributed by atoms with Gasteiger partial charge < -0.3 is 15.0 Å². The van der Waals surface area contributed by atoms with Crippen LogP contribution in [0, 0.1) is 0 Å². The van der Waals surface area contributed by atoms with E-state index in [2.05, 4.69) is 44.7 Å². The zero-order valence-electron chi connectivity index (χ0n) is 15.7. The van der Waals surface area contributed by atoms with Crippen molar-refractivity contribution in [1.29, 1.82) is 0 Å². The van der Waals surface area contributed by atoms with Gasteiger partial charge in [-0.25, -0.2) is 4.79 Å². The molecule has 1 unspecified atom stereocenters. The first-order chi connectivity index (χ1) is 12.6. The minimum absolute atomic E-state index is 0.138. The van der Waals surface area contributed by atoms with Crippen molar-refractivity contribution in [2.75, 3.05) is 53.0 Å². The molecule has 7 nitrogen and oxygen atoms in total. The smallest absolute Gasteiger partial charge is 0.321 e. The maximum Gasteiger partial charge on any atom is 0.321 e. The molecule has 1 aromatic carbocycles. The van der Waals surface area contributed by atoms with Crippen LogP contribution < -0.4 is 10.6 Å². The van der Waals surface area contributed by atoms with Gasteiger partial charge in [-0.2, -0.15) is 0 Å². The van der Waals surface area contributed by atoms with Gasteiger partial charge in [0.15, 0.2) is 0 Å². The summed E-state index contributed by atoms with van der Waals surface area (Å²) in [5.41, 5.74) is 1.35. The third-order valence-electron chi connectivity index (χ3n) is 4.44. The highest BCUT2D eigenvalue weighted by molar-refractivity contribution is 5.95. The maximum absolute atomic E-state index is 12.0. The van der Waals surface area contributed by atoms with Crippen LogP contribution >= 0.6 is 0 Å². The fraction of sp³-hybridized carbons (Fsp3) is 0.579. The Kier molecular flexibility index (Phi) is 8.53. The van der Waals surface area contributed by atoms with E-state index in [0.29, 0.717) is 6.61 Å². The predicted molar refractivity (Wildman–Crippen MR) is 101 cm³/mol. The van der Waals surface area contributed by atoms with Crippen LogP contribution in [0.5, 0.6) is 0 Å². The largest absolute Gasteiger partial charge is 0.383 e. The van der Waals surface area contributed by atoms with Crippen molar-refractivity contribution < 1.29 is 14.3 Å². The van der Waals surface area contributed by atoms with E-state index in [0.717, 1.165) is 39.1 Å². The number of ether oxygens (including phenoxy) is 1. The van der Waals surface area contributed by atoms with Gasteiger partial charge in [-0.1, -0.05) is 30.3 Å². The molecule has 0 saturated carbocycles. The molecule has 1 aliphatic rings. The molecule has 2 N–H and O–H groups in total. The van der Waals surface area contributed by atoms with E-state index in [4.69, 9.17) is 4.74 Å². The lowest BCUT2D eigenvalue weighted by Crippen LogP contribution is -2.52. The number of imide groups is 1. The van der Waals surface area contributed by atoms with Crippen LogP contribution in [-0.2, 0) is 16.0 Å². The summed E-state index contributed by atoms with van der Waals surface area (Å²) in [7, 11) is 1.57. The Morgan fingerprint density at radius 3 is 2.42 bits per heavy atom. The number of rotatable bonds is 8. The lowest BCUT2D eigenvalue weighted by atomic mass is 10.1. The van der Waals surface area contributed by atoms with E-state index in [9.17, 15) is 9.59 Å². The van der Waals surface area contributed by atoms with Crippen LogP contribution in [-0.4, -0.2) is 80.8 Å². The first-order valence-electron chi connectivity index (χ1n) is 9.14. The molecule has 3 amide bonds. The summed E-state index contributed by atoms with van der Waals surface area (Å²) in [4.78, 5) is 28.2. The Morgan fingerprint density at radius 2 is 1.77 bits per heavy atom. The number of carbonyl (C=O) groups excluding carboxylic acids is 2. The molecular weight excluding hydrogens is 332 g/mol. The molecule has 1 fully saturated rings. The fourth-order valence-electron chi connectivity index (χ4n) is 3.02. The molecular formula is C19H30N4O3. The van der Waals surface area contributed by atoms with Gasteiger partial charge in [-0.15, -0.1) is 0 Å². The maximum atomic E-state index is 12.0. The zero-order valence-corrected chi connectivity index (χ0v) is 15.7. The lowest BCUT2D eigenvalue weighted by Gasteiger charge is -2.34. The normalized spacial score (nSPS) is 16.8. The second-order valence-corrected chi connectivity index (χ2v) is 6.73. The van der Waals surface area contributed by atoms with E-state index >= 15 is 0 Å². The molecule has 0 aromatic heterocycles. The topological polar surface area (TPSA) is 73.9 Å². The van der Waals surface area contributed by atoms with Gasteiger partial charge in [-0.3, -0.25) is 15.0 Å². The molecule has 0 radical (unpaired) electrons. The number of hydrogen-bond donors (Lipinski definition) is 2. The molecule has 1 atom stereocenters. The number of carbonyl (C=O) groups is 2. The van der Waals surface area contributed by atoms with Crippen molar-refractivity contribution in [1.82, 2.24) is 20.4 Å². The van der Waals surface area contributed by atoms with Crippen molar-refractivity contribution in [2.24, 2.45) is 0 Å². The van der Waals surface area contributed by atoms with E-state index in [-0.39, 0.29) is 18.5 Å². The number of nitrogens with zero attached hydrogens (tertiary/aromatic N) is 2. The molecule has 1 aromatic rings. The zero-order chi connectivity index (χ0) is 18.8. The van der Waals surface area contributed by atoms with Crippen LogP contribution in [0.15, 0.2) is 30.3 Å². The van der Waals surface area contributed by atoms with Crippen LogP contribution in [0.2, 0.25) is 0 Å².